The molecule has 6 heteroatoms. The topological polar surface area (TPSA) is 70.0 Å². The van der Waals surface area contributed by atoms with Crippen LogP contribution >= 0.6 is 11.6 Å². The number of hydrogen-bond donors (Lipinski definition) is 2. The number of morpholine rings is 1. The molecule has 1 fully saturated rings. The number of carbonyl (C=O) groups excluding carboxylic acids is 1. The Hall–Kier alpha value is -1.46. The molecule has 1 aromatic rings. The second kappa shape index (κ2) is 4.81. The van der Waals surface area contributed by atoms with Gasteiger partial charge in [0.05, 0.1) is 23.8 Å². The molecule has 0 aliphatic carbocycles. The van der Waals surface area contributed by atoms with Gasteiger partial charge in [-0.05, 0) is 6.07 Å². The summed E-state index contributed by atoms with van der Waals surface area (Å²) in [6.45, 7) is 1.98. The monoisotopic (exact) mass is 257 g/mol. The third kappa shape index (κ3) is 2.45. The lowest BCUT2D eigenvalue weighted by molar-refractivity contribution is 0.0303. The Labute approximate surface area is 103 Å². The molecule has 0 spiro atoms. The van der Waals surface area contributed by atoms with Crippen molar-refractivity contribution in [2.24, 2.45) is 0 Å². The maximum atomic E-state index is 12.1. The van der Waals surface area contributed by atoms with E-state index in [2.05, 4.69) is 0 Å². The number of carbonyl (C=O) groups is 1. The lowest BCUT2D eigenvalue weighted by Crippen LogP contribution is -2.40. The molecule has 0 saturated carbocycles. The third-order valence-electron chi connectivity index (χ3n) is 2.59. The largest absolute Gasteiger partial charge is 0.504 e. The third-order valence-corrected chi connectivity index (χ3v) is 2.91. The lowest BCUT2D eigenvalue weighted by atomic mass is 10.1. The van der Waals surface area contributed by atoms with Gasteiger partial charge in [0.15, 0.2) is 11.5 Å². The van der Waals surface area contributed by atoms with Crippen LogP contribution in [0.15, 0.2) is 12.1 Å². The molecule has 2 N–H and O–H groups in total. The molecule has 0 unspecified atom stereocenters. The number of nitrogens with zero attached hydrogens (tertiary/aromatic N) is 1. The minimum Gasteiger partial charge on any atom is -0.504 e. The molecular formula is C11H12ClNO4. The molecule has 1 saturated heterocycles. The van der Waals surface area contributed by atoms with Crippen LogP contribution in [0.3, 0.4) is 0 Å². The van der Waals surface area contributed by atoms with Crippen molar-refractivity contribution in [1.29, 1.82) is 0 Å². The molecule has 17 heavy (non-hydrogen) atoms. The summed E-state index contributed by atoms with van der Waals surface area (Å²) in [6, 6.07) is 2.33. The fraction of sp³-hybridized carbons (Fsp3) is 0.364. The zero-order valence-electron chi connectivity index (χ0n) is 9.02. The molecule has 0 bridgehead atoms. The van der Waals surface area contributed by atoms with Crippen LogP contribution < -0.4 is 0 Å². The van der Waals surface area contributed by atoms with E-state index in [0.717, 1.165) is 6.07 Å². The van der Waals surface area contributed by atoms with E-state index in [9.17, 15) is 15.0 Å². The maximum Gasteiger partial charge on any atom is 0.255 e. The highest BCUT2D eigenvalue weighted by atomic mass is 35.5. The van der Waals surface area contributed by atoms with Crippen molar-refractivity contribution in [1.82, 2.24) is 4.90 Å². The van der Waals surface area contributed by atoms with E-state index in [1.165, 1.54) is 6.07 Å². The lowest BCUT2D eigenvalue weighted by Gasteiger charge is -2.27. The minimum atomic E-state index is -0.356. The number of benzene rings is 1. The second-order valence-electron chi connectivity index (χ2n) is 3.73. The van der Waals surface area contributed by atoms with Crippen LogP contribution in [-0.4, -0.2) is 47.3 Å². The molecule has 5 nitrogen and oxygen atoms in total. The van der Waals surface area contributed by atoms with Crippen molar-refractivity contribution in [2.75, 3.05) is 26.3 Å². The smallest absolute Gasteiger partial charge is 0.255 e. The van der Waals surface area contributed by atoms with Crippen LogP contribution in [0.5, 0.6) is 11.5 Å². The van der Waals surface area contributed by atoms with Crippen molar-refractivity contribution in [3.05, 3.63) is 22.7 Å². The van der Waals surface area contributed by atoms with E-state index in [1.807, 2.05) is 0 Å². The summed E-state index contributed by atoms with van der Waals surface area (Å²) in [7, 11) is 0. The normalized spacial score (nSPS) is 15.9. The quantitative estimate of drug-likeness (QED) is 0.743. The van der Waals surface area contributed by atoms with Crippen molar-refractivity contribution in [2.45, 2.75) is 0 Å². The number of amides is 1. The maximum absolute atomic E-state index is 12.1. The van der Waals surface area contributed by atoms with Gasteiger partial charge in [0.2, 0.25) is 0 Å². The Balaban J connectivity index is 2.26. The number of aromatic hydroxyl groups is 2. The summed E-state index contributed by atoms with van der Waals surface area (Å²) in [5.41, 5.74) is 0.184. The highest BCUT2D eigenvalue weighted by Gasteiger charge is 2.22. The number of ether oxygens (including phenoxy) is 1. The van der Waals surface area contributed by atoms with E-state index in [0.29, 0.717) is 26.3 Å². The molecule has 1 aromatic carbocycles. The Bertz CT molecular complexity index is 443. The number of phenolic OH excluding ortho intramolecular Hbond substituents is 2. The molecule has 1 heterocycles. The number of rotatable bonds is 1. The minimum absolute atomic E-state index is 0.122. The van der Waals surface area contributed by atoms with Crippen molar-refractivity contribution in [3.63, 3.8) is 0 Å². The van der Waals surface area contributed by atoms with Gasteiger partial charge < -0.3 is 19.8 Å². The summed E-state index contributed by atoms with van der Waals surface area (Å²) in [5, 5.41) is 18.7. The van der Waals surface area contributed by atoms with Crippen LogP contribution in [-0.2, 0) is 4.74 Å². The molecule has 2 rings (SSSR count). The van der Waals surface area contributed by atoms with Gasteiger partial charge in [0.1, 0.15) is 0 Å². The number of phenols is 2. The molecule has 1 aliphatic rings. The first kappa shape index (κ1) is 12.0. The summed E-state index contributed by atoms with van der Waals surface area (Å²) in [5.74, 6) is -0.965. The van der Waals surface area contributed by atoms with E-state index < -0.39 is 0 Å². The van der Waals surface area contributed by atoms with E-state index in [4.69, 9.17) is 16.3 Å². The molecule has 0 aromatic heterocycles. The van der Waals surface area contributed by atoms with Gasteiger partial charge in [-0.25, -0.2) is 0 Å². The molecule has 1 amide bonds. The van der Waals surface area contributed by atoms with Gasteiger partial charge >= 0.3 is 0 Å². The zero-order valence-corrected chi connectivity index (χ0v) is 9.78. The van der Waals surface area contributed by atoms with Crippen LogP contribution in [0.4, 0.5) is 0 Å². The van der Waals surface area contributed by atoms with Crippen molar-refractivity contribution < 1.29 is 19.7 Å². The van der Waals surface area contributed by atoms with Gasteiger partial charge in [-0.2, -0.15) is 0 Å². The van der Waals surface area contributed by atoms with Gasteiger partial charge in [0, 0.05) is 19.2 Å². The fourth-order valence-electron chi connectivity index (χ4n) is 1.65. The van der Waals surface area contributed by atoms with Crippen LogP contribution in [0.25, 0.3) is 0 Å². The molecular weight excluding hydrogens is 246 g/mol. The summed E-state index contributed by atoms with van der Waals surface area (Å²) < 4.78 is 5.14. The van der Waals surface area contributed by atoms with Gasteiger partial charge in [-0.3, -0.25) is 4.79 Å². The average Bonchev–Trinajstić information content (AvgIpc) is 2.34. The van der Waals surface area contributed by atoms with Gasteiger partial charge in [0.25, 0.3) is 5.91 Å². The van der Waals surface area contributed by atoms with E-state index in [1.54, 1.807) is 4.90 Å². The standard InChI is InChI=1S/C11H12ClNO4/c12-8-6-10(15)9(14)5-7(8)11(16)13-1-3-17-4-2-13/h5-6,14-15H,1-4H2. The zero-order chi connectivity index (χ0) is 12.4. The molecule has 0 radical (unpaired) electrons. The van der Waals surface area contributed by atoms with E-state index in [-0.39, 0.29) is 28.0 Å². The number of hydrogen-bond acceptors (Lipinski definition) is 4. The van der Waals surface area contributed by atoms with Crippen molar-refractivity contribution in [3.8, 4) is 11.5 Å². The van der Waals surface area contributed by atoms with Crippen molar-refractivity contribution >= 4 is 17.5 Å². The second-order valence-corrected chi connectivity index (χ2v) is 4.13. The molecule has 0 atom stereocenters. The predicted octanol–water partition coefficient (Wildman–Crippen LogP) is 1.22. The first-order chi connectivity index (χ1) is 8.09. The van der Waals surface area contributed by atoms with Gasteiger partial charge in [-0.1, -0.05) is 11.6 Å². The summed E-state index contributed by atoms with van der Waals surface area (Å²) in [4.78, 5) is 13.7. The molecule has 92 valence electrons. The van der Waals surface area contributed by atoms with Crippen LogP contribution in [0, 0.1) is 0 Å². The molecule has 1 aliphatic heterocycles. The summed E-state index contributed by atoms with van der Waals surface area (Å²) in [6.07, 6.45) is 0. The van der Waals surface area contributed by atoms with Crippen LogP contribution in [0.1, 0.15) is 10.4 Å². The first-order valence-electron chi connectivity index (χ1n) is 5.18. The first-order valence-corrected chi connectivity index (χ1v) is 5.56. The number of halogens is 1. The Morgan fingerprint density at radius 1 is 1.24 bits per heavy atom. The highest BCUT2D eigenvalue weighted by Crippen LogP contribution is 2.31. The van der Waals surface area contributed by atoms with Crippen LogP contribution in [0.2, 0.25) is 5.02 Å². The Morgan fingerprint density at radius 2 is 1.82 bits per heavy atom. The highest BCUT2D eigenvalue weighted by molar-refractivity contribution is 6.34. The Morgan fingerprint density at radius 3 is 2.47 bits per heavy atom. The SMILES string of the molecule is O=C(c1cc(O)c(O)cc1Cl)N1CCOCC1. The fourth-order valence-corrected chi connectivity index (χ4v) is 1.89. The Kier molecular flexibility index (Phi) is 3.40. The average molecular weight is 258 g/mol. The van der Waals surface area contributed by atoms with Gasteiger partial charge in [-0.15, -0.1) is 0 Å². The van der Waals surface area contributed by atoms with E-state index >= 15 is 0 Å². The predicted molar refractivity (Wildman–Crippen MR) is 61.5 cm³/mol. The summed E-state index contributed by atoms with van der Waals surface area (Å²) >= 11 is 5.87.